The van der Waals surface area contributed by atoms with Gasteiger partial charge in [0.2, 0.25) is 15.9 Å². The van der Waals surface area contributed by atoms with Gasteiger partial charge in [-0.1, -0.05) is 18.2 Å². The zero-order chi connectivity index (χ0) is 17.6. The van der Waals surface area contributed by atoms with Crippen LogP contribution in [0.3, 0.4) is 0 Å². The Balaban J connectivity index is 1.96. The molecule has 0 unspecified atom stereocenters. The summed E-state index contributed by atoms with van der Waals surface area (Å²) in [5, 5.41) is 0. The second kappa shape index (κ2) is 8.03. The van der Waals surface area contributed by atoms with Crippen LogP contribution in [0.1, 0.15) is 18.2 Å². The molecule has 0 saturated carbocycles. The maximum absolute atomic E-state index is 12.3. The molecule has 2 rings (SSSR count). The molecule has 1 amide bonds. The number of amides is 1. The molecular weight excluding hydrogens is 326 g/mol. The number of nitrogens with one attached hydrogen (secondary N) is 1. The summed E-state index contributed by atoms with van der Waals surface area (Å²) >= 11 is 0. The summed E-state index contributed by atoms with van der Waals surface area (Å²) in [6.45, 7) is 4.06. The highest BCUT2D eigenvalue weighted by Crippen LogP contribution is 2.10. The molecule has 2 aromatic rings. The second-order valence-corrected chi connectivity index (χ2v) is 7.24. The van der Waals surface area contributed by atoms with E-state index in [1.165, 1.54) is 6.92 Å². The third-order valence-corrected chi connectivity index (χ3v) is 4.96. The summed E-state index contributed by atoms with van der Waals surface area (Å²) in [6, 6.07) is 12.2. The fraction of sp³-hybridized carbons (Fsp3) is 0.294. The van der Waals surface area contributed by atoms with Crippen LogP contribution >= 0.6 is 0 Å². The van der Waals surface area contributed by atoms with Crippen molar-refractivity contribution in [3.8, 4) is 0 Å². The van der Waals surface area contributed by atoms with Crippen LogP contribution in [0.5, 0.6) is 0 Å². The molecule has 0 bridgehead atoms. The van der Waals surface area contributed by atoms with Crippen LogP contribution in [-0.4, -0.2) is 37.3 Å². The molecule has 0 aliphatic rings. The standard InChI is InChI=1S/C17H21N3O3S/c1-14-6-5-8-17(12-14)24(22,23)19-10-11-20(15(2)21)13-16-7-3-4-9-18-16/h3-9,12,19H,10-11,13H2,1-2H3. The van der Waals surface area contributed by atoms with Gasteiger partial charge in [-0.25, -0.2) is 13.1 Å². The topological polar surface area (TPSA) is 79.4 Å². The Morgan fingerprint density at radius 1 is 1.21 bits per heavy atom. The SMILES string of the molecule is CC(=O)N(CCNS(=O)(=O)c1cccc(C)c1)Cc1ccccn1. The Morgan fingerprint density at radius 3 is 2.62 bits per heavy atom. The van der Waals surface area contributed by atoms with E-state index < -0.39 is 10.0 Å². The summed E-state index contributed by atoms with van der Waals surface area (Å²) in [5.41, 5.74) is 1.63. The molecule has 0 atom stereocenters. The van der Waals surface area contributed by atoms with Crippen molar-refractivity contribution < 1.29 is 13.2 Å². The van der Waals surface area contributed by atoms with Gasteiger partial charge >= 0.3 is 0 Å². The first kappa shape index (κ1) is 18.1. The lowest BCUT2D eigenvalue weighted by Crippen LogP contribution is -2.37. The molecule has 0 spiro atoms. The third-order valence-electron chi connectivity index (χ3n) is 3.50. The minimum absolute atomic E-state index is 0.129. The number of carbonyl (C=O) groups is 1. The number of carbonyl (C=O) groups excluding carboxylic acids is 1. The minimum atomic E-state index is -3.58. The van der Waals surface area contributed by atoms with Crippen LogP contribution < -0.4 is 4.72 Å². The number of hydrogen-bond acceptors (Lipinski definition) is 4. The van der Waals surface area contributed by atoms with Crippen LogP contribution in [0, 0.1) is 6.92 Å². The van der Waals surface area contributed by atoms with Crippen molar-refractivity contribution >= 4 is 15.9 Å². The molecule has 0 aliphatic heterocycles. The Hall–Kier alpha value is -2.25. The summed E-state index contributed by atoms with van der Waals surface area (Å²) < 4.78 is 27.1. The predicted octanol–water partition coefficient (Wildman–Crippen LogP) is 1.72. The second-order valence-electron chi connectivity index (χ2n) is 5.48. The van der Waals surface area contributed by atoms with Crippen molar-refractivity contribution in [2.75, 3.05) is 13.1 Å². The van der Waals surface area contributed by atoms with Crippen molar-refractivity contribution in [1.29, 1.82) is 0 Å². The van der Waals surface area contributed by atoms with Crippen molar-refractivity contribution in [3.05, 3.63) is 59.9 Å². The van der Waals surface area contributed by atoms with Gasteiger partial charge in [-0.2, -0.15) is 0 Å². The lowest BCUT2D eigenvalue weighted by atomic mass is 10.2. The number of sulfonamides is 1. The number of aromatic nitrogens is 1. The van der Waals surface area contributed by atoms with E-state index in [4.69, 9.17) is 0 Å². The van der Waals surface area contributed by atoms with E-state index in [0.717, 1.165) is 11.3 Å². The summed E-state index contributed by atoms with van der Waals surface area (Å²) in [4.78, 5) is 17.7. The molecule has 0 saturated heterocycles. The van der Waals surface area contributed by atoms with Crippen molar-refractivity contribution in [2.45, 2.75) is 25.3 Å². The van der Waals surface area contributed by atoms with Gasteiger partial charge in [0.1, 0.15) is 0 Å². The summed E-state index contributed by atoms with van der Waals surface area (Å²) in [7, 11) is -3.58. The van der Waals surface area contributed by atoms with Crippen LogP contribution in [0.25, 0.3) is 0 Å². The van der Waals surface area contributed by atoms with Gasteiger partial charge in [-0.3, -0.25) is 9.78 Å². The number of benzene rings is 1. The van der Waals surface area contributed by atoms with E-state index in [-0.39, 0.29) is 23.9 Å². The fourth-order valence-electron chi connectivity index (χ4n) is 2.22. The first-order valence-electron chi connectivity index (χ1n) is 7.60. The normalized spacial score (nSPS) is 11.2. The maximum atomic E-state index is 12.3. The highest BCUT2D eigenvalue weighted by molar-refractivity contribution is 7.89. The highest BCUT2D eigenvalue weighted by atomic mass is 32.2. The molecule has 0 fully saturated rings. The van der Waals surface area contributed by atoms with Crippen LogP contribution in [0.2, 0.25) is 0 Å². The number of aryl methyl sites for hydroxylation is 1. The van der Waals surface area contributed by atoms with Gasteiger partial charge < -0.3 is 4.90 Å². The largest absolute Gasteiger partial charge is 0.336 e. The summed E-state index contributed by atoms with van der Waals surface area (Å²) in [5.74, 6) is -0.129. The Bertz CT molecular complexity index is 792. The predicted molar refractivity (Wildman–Crippen MR) is 91.7 cm³/mol. The Morgan fingerprint density at radius 2 is 2.00 bits per heavy atom. The number of hydrogen-bond donors (Lipinski definition) is 1. The van der Waals surface area contributed by atoms with Gasteiger partial charge in [0.05, 0.1) is 17.1 Å². The average Bonchev–Trinajstić information content (AvgIpc) is 2.54. The van der Waals surface area contributed by atoms with E-state index in [2.05, 4.69) is 9.71 Å². The molecule has 1 N–H and O–H groups in total. The maximum Gasteiger partial charge on any atom is 0.240 e. The Kier molecular flexibility index (Phi) is 6.05. The van der Waals surface area contributed by atoms with Crippen molar-refractivity contribution in [1.82, 2.24) is 14.6 Å². The smallest absolute Gasteiger partial charge is 0.240 e. The van der Waals surface area contributed by atoms with Gasteiger partial charge in [0.15, 0.2) is 0 Å². The molecule has 24 heavy (non-hydrogen) atoms. The van der Waals surface area contributed by atoms with E-state index >= 15 is 0 Å². The lowest BCUT2D eigenvalue weighted by Gasteiger charge is -2.20. The molecule has 0 radical (unpaired) electrons. The first-order valence-corrected chi connectivity index (χ1v) is 9.08. The van der Waals surface area contributed by atoms with Crippen LogP contribution in [-0.2, 0) is 21.4 Å². The zero-order valence-corrected chi connectivity index (χ0v) is 14.6. The van der Waals surface area contributed by atoms with Crippen LogP contribution in [0.4, 0.5) is 0 Å². The third kappa shape index (κ3) is 5.14. The van der Waals surface area contributed by atoms with Gasteiger partial charge in [0.25, 0.3) is 0 Å². The fourth-order valence-corrected chi connectivity index (χ4v) is 3.34. The average molecular weight is 347 g/mol. The molecule has 0 aliphatic carbocycles. The number of pyridine rings is 1. The Labute approximate surface area is 142 Å². The van der Waals surface area contributed by atoms with E-state index in [0.29, 0.717) is 6.54 Å². The molecular formula is C17H21N3O3S. The lowest BCUT2D eigenvalue weighted by molar-refractivity contribution is -0.129. The highest BCUT2D eigenvalue weighted by Gasteiger charge is 2.15. The molecule has 1 aromatic carbocycles. The van der Waals surface area contributed by atoms with E-state index in [1.54, 1.807) is 35.4 Å². The van der Waals surface area contributed by atoms with E-state index in [9.17, 15) is 13.2 Å². The molecule has 1 aromatic heterocycles. The number of nitrogens with zero attached hydrogens (tertiary/aromatic N) is 2. The molecule has 1 heterocycles. The van der Waals surface area contributed by atoms with Crippen LogP contribution in [0.15, 0.2) is 53.6 Å². The zero-order valence-electron chi connectivity index (χ0n) is 13.8. The molecule has 128 valence electrons. The quantitative estimate of drug-likeness (QED) is 0.827. The minimum Gasteiger partial charge on any atom is -0.336 e. The van der Waals surface area contributed by atoms with Gasteiger partial charge in [-0.05, 0) is 36.8 Å². The van der Waals surface area contributed by atoms with Gasteiger partial charge in [0, 0.05) is 26.2 Å². The molecule has 6 nitrogen and oxygen atoms in total. The number of rotatable bonds is 7. The van der Waals surface area contributed by atoms with E-state index in [1.807, 2.05) is 25.1 Å². The monoisotopic (exact) mass is 347 g/mol. The van der Waals surface area contributed by atoms with Gasteiger partial charge in [-0.15, -0.1) is 0 Å². The molecule has 7 heteroatoms. The summed E-state index contributed by atoms with van der Waals surface area (Å²) in [6.07, 6.45) is 1.66. The first-order chi connectivity index (χ1) is 11.4. The van der Waals surface area contributed by atoms with Crippen molar-refractivity contribution in [3.63, 3.8) is 0 Å². The van der Waals surface area contributed by atoms with Crippen molar-refractivity contribution in [2.24, 2.45) is 0 Å².